The molecular formula is C19H24N3O5+. The van der Waals surface area contributed by atoms with Crippen LogP contribution in [-0.2, 0) is 4.74 Å². The number of rotatable bonds is 7. The lowest BCUT2D eigenvalue weighted by Crippen LogP contribution is -2.82. The molecule has 27 heavy (non-hydrogen) atoms. The van der Waals surface area contributed by atoms with Crippen LogP contribution in [0, 0.1) is 10.1 Å². The molecule has 2 aromatic rings. The van der Waals surface area contributed by atoms with Gasteiger partial charge in [-0.15, -0.1) is 0 Å². The maximum Gasteiger partial charge on any atom is 0.314 e. The van der Waals surface area contributed by atoms with Gasteiger partial charge in [0.25, 0.3) is 0 Å². The van der Waals surface area contributed by atoms with E-state index in [9.17, 15) is 10.1 Å². The minimum Gasteiger partial charge on any atom is -0.496 e. The van der Waals surface area contributed by atoms with Crippen LogP contribution in [0.3, 0.4) is 0 Å². The standard InChI is InChI=1S/C19H23N3O5/c1-21(2)14-6-4-13(5-7-14)19-20-11-16(27-19)12-26-18-9-8-15(25-3)10-17(18)22(23)24/h4-10,16,19-20H,11-12H2,1-3H3/p+1/t16-,19+/m0/s1. The SMILES string of the molecule is COc1ccc(OC[C@@H]2C[NH2+][C@@H](c3ccc(N(C)C)cc3)O2)c([N+](=O)[O-])c1. The first-order valence-corrected chi connectivity index (χ1v) is 8.69. The number of hydrogen-bond donors (Lipinski definition) is 1. The van der Waals surface area contributed by atoms with E-state index in [0.717, 1.165) is 17.8 Å². The summed E-state index contributed by atoms with van der Waals surface area (Å²) in [7, 11) is 5.46. The maximum atomic E-state index is 11.2. The maximum absolute atomic E-state index is 11.2. The number of nitro benzene ring substituents is 1. The molecule has 1 aliphatic heterocycles. The number of hydrogen-bond acceptors (Lipinski definition) is 6. The van der Waals surface area contributed by atoms with Crippen molar-refractivity contribution in [2.45, 2.75) is 12.3 Å². The molecule has 1 saturated heterocycles. The van der Waals surface area contributed by atoms with Crippen LogP contribution in [0.25, 0.3) is 0 Å². The highest BCUT2D eigenvalue weighted by Gasteiger charge is 2.31. The van der Waals surface area contributed by atoms with Gasteiger partial charge in [0.2, 0.25) is 6.23 Å². The topological polar surface area (TPSA) is 90.7 Å². The summed E-state index contributed by atoms with van der Waals surface area (Å²) in [5.74, 6) is 0.629. The number of ether oxygens (including phenoxy) is 3. The molecule has 2 N–H and O–H groups in total. The number of methoxy groups -OCH3 is 1. The molecule has 8 nitrogen and oxygen atoms in total. The molecule has 8 heteroatoms. The van der Waals surface area contributed by atoms with E-state index >= 15 is 0 Å². The molecule has 0 saturated carbocycles. The van der Waals surface area contributed by atoms with Crippen molar-refractivity contribution in [3.8, 4) is 11.5 Å². The van der Waals surface area contributed by atoms with Gasteiger partial charge in [-0.2, -0.15) is 0 Å². The molecule has 1 fully saturated rings. The largest absolute Gasteiger partial charge is 0.496 e. The summed E-state index contributed by atoms with van der Waals surface area (Å²) in [5.41, 5.74) is 2.09. The van der Waals surface area contributed by atoms with Crippen LogP contribution in [0.5, 0.6) is 11.5 Å². The Kier molecular flexibility index (Phi) is 5.78. The third kappa shape index (κ3) is 4.47. The third-order valence-corrected chi connectivity index (χ3v) is 4.48. The van der Waals surface area contributed by atoms with Crippen molar-refractivity contribution in [3.05, 3.63) is 58.1 Å². The van der Waals surface area contributed by atoms with Gasteiger partial charge in [-0.1, -0.05) is 0 Å². The fourth-order valence-corrected chi connectivity index (χ4v) is 2.95. The highest BCUT2D eigenvalue weighted by molar-refractivity contribution is 5.51. The van der Waals surface area contributed by atoms with Gasteiger partial charge in [-0.05, 0) is 36.4 Å². The molecule has 1 heterocycles. The molecule has 0 amide bonds. The Morgan fingerprint density at radius 1 is 1.26 bits per heavy atom. The van der Waals surface area contributed by atoms with Crippen molar-refractivity contribution in [2.24, 2.45) is 0 Å². The van der Waals surface area contributed by atoms with Crippen LogP contribution in [0.4, 0.5) is 11.4 Å². The highest BCUT2D eigenvalue weighted by atomic mass is 16.6. The first-order valence-electron chi connectivity index (χ1n) is 8.69. The van der Waals surface area contributed by atoms with E-state index in [1.165, 1.54) is 13.2 Å². The lowest BCUT2D eigenvalue weighted by atomic mass is 10.2. The number of quaternary nitrogens is 1. The number of nitro groups is 1. The fraction of sp³-hybridized carbons (Fsp3) is 0.368. The zero-order valence-electron chi connectivity index (χ0n) is 15.6. The molecule has 2 aromatic carbocycles. The van der Waals surface area contributed by atoms with Gasteiger partial charge < -0.3 is 24.4 Å². The molecule has 2 atom stereocenters. The van der Waals surface area contributed by atoms with Gasteiger partial charge in [0, 0.05) is 25.3 Å². The zero-order chi connectivity index (χ0) is 19.4. The second-order valence-electron chi connectivity index (χ2n) is 6.54. The van der Waals surface area contributed by atoms with Crippen molar-refractivity contribution in [2.75, 3.05) is 39.3 Å². The van der Waals surface area contributed by atoms with Crippen molar-refractivity contribution in [3.63, 3.8) is 0 Å². The van der Waals surface area contributed by atoms with Gasteiger partial charge in [0.05, 0.1) is 18.1 Å². The molecular weight excluding hydrogens is 350 g/mol. The normalized spacial score (nSPS) is 18.9. The van der Waals surface area contributed by atoms with Crippen molar-refractivity contribution in [1.82, 2.24) is 0 Å². The molecule has 0 radical (unpaired) electrons. The minimum absolute atomic E-state index is 0.0966. The van der Waals surface area contributed by atoms with E-state index in [1.54, 1.807) is 12.1 Å². The Bertz CT molecular complexity index is 794. The van der Waals surface area contributed by atoms with Crippen LogP contribution in [0.15, 0.2) is 42.5 Å². The summed E-state index contributed by atoms with van der Waals surface area (Å²) in [6.45, 7) is 0.972. The molecule has 0 bridgehead atoms. The van der Waals surface area contributed by atoms with Crippen molar-refractivity contribution < 1.29 is 24.5 Å². The molecule has 144 valence electrons. The Hall–Kier alpha value is -2.84. The van der Waals surface area contributed by atoms with E-state index in [2.05, 4.69) is 17.4 Å². The lowest BCUT2D eigenvalue weighted by molar-refractivity contribution is -0.697. The average Bonchev–Trinajstić information content (AvgIpc) is 3.15. The Balaban J connectivity index is 1.60. The van der Waals surface area contributed by atoms with Crippen LogP contribution in [0.2, 0.25) is 0 Å². The molecule has 3 rings (SSSR count). The average molecular weight is 374 g/mol. The Morgan fingerprint density at radius 2 is 2.00 bits per heavy atom. The molecule has 0 spiro atoms. The molecule has 0 aliphatic carbocycles. The molecule has 0 unspecified atom stereocenters. The predicted molar refractivity (Wildman–Crippen MR) is 100 cm³/mol. The number of nitrogens with zero attached hydrogens (tertiary/aromatic N) is 2. The van der Waals surface area contributed by atoms with E-state index in [4.69, 9.17) is 14.2 Å². The highest BCUT2D eigenvalue weighted by Crippen LogP contribution is 2.31. The van der Waals surface area contributed by atoms with Crippen molar-refractivity contribution in [1.29, 1.82) is 0 Å². The van der Waals surface area contributed by atoms with Gasteiger partial charge in [-0.3, -0.25) is 10.1 Å². The van der Waals surface area contributed by atoms with Gasteiger partial charge >= 0.3 is 5.69 Å². The Morgan fingerprint density at radius 3 is 2.63 bits per heavy atom. The third-order valence-electron chi connectivity index (χ3n) is 4.48. The lowest BCUT2D eigenvalue weighted by Gasteiger charge is -2.14. The van der Waals surface area contributed by atoms with E-state index in [1.807, 2.05) is 31.1 Å². The predicted octanol–water partition coefficient (Wildman–Crippen LogP) is 1.71. The smallest absolute Gasteiger partial charge is 0.314 e. The number of nitrogens with two attached hydrogens (primary N) is 1. The van der Waals surface area contributed by atoms with Gasteiger partial charge in [0.15, 0.2) is 5.75 Å². The summed E-state index contributed by atoms with van der Waals surface area (Å²) in [6, 6.07) is 12.7. The Labute approximate surface area is 157 Å². The summed E-state index contributed by atoms with van der Waals surface area (Å²) in [4.78, 5) is 12.8. The van der Waals surface area contributed by atoms with Crippen molar-refractivity contribution >= 4 is 11.4 Å². The summed E-state index contributed by atoms with van der Waals surface area (Å²) >= 11 is 0. The monoisotopic (exact) mass is 374 g/mol. The fourth-order valence-electron chi connectivity index (χ4n) is 2.95. The number of benzene rings is 2. The van der Waals surface area contributed by atoms with Crippen LogP contribution in [-0.4, -0.2) is 45.4 Å². The van der Waals surface area contributed by atoms with Crippen LogP contribution < -0.4 is 19.7 Å². The number of anilines is 1. The first-order chi connectivity index (χ1) is 13.0. The first kappa shape index (κ1) is 18.9. The quantitative estimate of drug-likeness (QED) is 0.586. The van der Waals surface area contributed by atoms with E-state index in [-0.39, 0.29) is 30.4 Å². The van der Waals surface area contributed by atoms with Gasteiger partial charge in [-0.25, -0.2) is 0 Å². The molecule has 0 aromatic heterocycles. The van der Waals surface area contributed by atoms with Crippen LogP contribution in [0.1, 0.15) is 11.8 Å². The summed E-state index contributed by atoms with van der Waals surface area (Å²) in [5, 5.41) is 13.3. The van der Waals surface area contributed by atoms with Gasteiger partial charge in [0.1, 0.15) is 25.0 Å². The van der Waals surface area contributed by atoms with E-state index < -0.39 is 4.92 Å². The minimum atomic E-state index is -0.478. The summed E-state index contributed by atoms with van der Waals surface area (Å²) in [6.07, 6.45) is -0.245. The van der Waals surface area contributed by atoms with Crippen LogP contribution >= 0.6 is 0 Å². The second-order valence-corrected chi connectivity index (χ2v) is 6.54. The molecule has 1 aliphatic rings. The summed E-state index contributed by atoms with van der Waals surface area (Å²) < 4.78 is 16.7. The second kappa shape index (κ2) is 8.24. The van der Waals surface area contributed by atoms with E-state index in [0.29, 0.717) is 5.75 Å². The zero-order valence-corrected chi connectivity index (χ0v) is 15.6.